The molecule has 2 N–H and O–H groups in total. The van der Waals surface area contributed by atoms with Gasteiger partial charge in [0.05, 0.1) is 30.5 Å². The second kappa shape index (κ2) is 13.6. The van der Waals surface area contributed by atoms with Crippen molar-refractivity contribution in [2.45, 2.75) is 37.6 Å². The minimum atomic E-state index is -4.51. The summed E-state index contributed by atoms with van der Waals surface area (Å²) in [4.78, 5) is 43.7. The summed E-state index contributed by atoms with van der Waals surface area (Å²) in [5.74, 6) is 0.0598. The van der Waals surface area contributed by atoms with Crippen molar-refractivity contribution in [3.8, 4) is 0 Å². The fourth-order valence-corrected chi connectivity index (χ4v) is 6.06. The van der Waals surface area contributed by atoms with Crippen molar-refractivity contribution in [2.75, 3.05) is 36.2 Å². The maximum atomic E-state index is 13.9. The molecule has 11 heteroatoms. The monoisotopic (exact) mass is 623 g/mol. The molecule has 3 aromatic carbocycles. The number of carbonyl (C=O) groups is 3. The van der Waals surface area contributed by atoms with Crippen molar-refractivity contribution < 1.29 is 32.3 Å². The number of methoxy groups -OCH3 is 1. The number of hydrogen-bond acceptors (Lipinski definition) is 6. The lowest BCUT2D eigenvalue weighted by Crippen LogP contribution is -2.29. The number of halogens is 3. The summed E-state index contributed by atoms with van der Waals surface area (Å²) in [5, 5.41) is 3.35. The maximum absolute atomic E-state index is 13.9. The van der Waals surface area contributed by atoms with Gasteiger partial charge in [0.2, 0.25) is 5.78 Å². The molecular weight excluding hydrogens is 591 g/mol. The molecule has 230 valence electrons. The largest absolute Gasteiger partial charge is 0.469 e. The van der Waals surface area contributed by atoms with Gasteiger partial charge in [-0.25, -0.2) is 0 Å². The molecule has 0 atom stereocenters. The van der Waals surface area contributed by atoms with Crippen LogP contribution in [0.3, 0.4) is 0 Å². The molecule has 1 saturated heterocycles. The van der Waals surface area contributed by atoms with Crippen LogP contribution in [0.2, 0.25) is 0 Å². The molecule has 2 heterocycles. The molecule has 44 heavy (non-hydrogen) atoms. The maximum Gasteiger partial charge on any atom is 0.416 e. The van der Waals surface area contributed by atoms with E-state index in [1.165, 1.54) is 19.2 Å². The second-order valence-electron chi connectivity index (χ2n) is 10.6. The van der Waals surface area contributed by atoms with E-state index in [9.17, 15) is 27.6 Å². The number of fused-ring (bicyclic) bond motifs is 1. The Morgan fingerprint density at radius 3 is 2.52 bits per heavy atom. The number of alkyl halides is 3. The van der Waals surface area contributed by atoms with Gasteiger partial charge in [-0.05, 0) is 73.4 Å². The molecule has 1 amide bonds. The van der Waals surface area contributed by atoms with E-state index in [4.69, 9.17) is 0 Å². The number of H-pyrrole nitrogens is 1. The number of anilines is 2. The van der Waals surface area contributed by atoms with E-state index in [1.807, 2.05) is 12.1 Å². The van der Waals surface area contributed by atoms with Gasteiger partial charge in [-0.3, -0.25) is 14.4 Å². The lowest BCUT2D eigenvalue weighted by atomic mass is 10.0. The van der Waals surface area contributed by atoms with Crippen molar-refractivity contribution in [1.82, 2.24) is 4.98 Å². The van der Waals surface area contributed by atoms with E-state index in [2.05, 4.69) is 19.9 Å². The number of benzene rings is 3. The van der Waals surface area contributed by atoms with Crippen molar-refractivity contribution in [2.24, 2.45) is 0 Å². The summed E-state index contributed by atoms with van der Waals surface area (Å²) < 4.78 is 44.5. The van der Waals surface area contributed by atoms with Gasteiger partial charge in [-0.1, -0.05) is 18.2 Å². The first-order valence-electron chi connectivity index (χ1n) is 14.3. The third kappa shape index (κ3) is 7.45. The van der Waals surface area contributed by atoms with Crippen molar-refractivity contribution >= 4 is 51.7 Å². The van der Waals surface area contributed by atoms with Crippen LogP contribution in [0.15, 0.2) is 66.7 Å². The zero-order chi connectivity index (χ0) is 31.3. The van der Waals surface area contributed by atoms with Crippen LogP contribution in [0.25, 0.3) is 10.9 Å². The minimum absolute atomic E-state index is 0.122. The molecule has 7 nitrogen and oxygen atoms in total. The first-order chi connectivity index (χ1) is 21.1. The van der Waals surface area contributed by atoms with Crippen LogP contribution in [0.5, 0.6) is 0 Å². The molecule has 0 aliphatic carbocycles. The average molecular weight is 624 g/mol. The summed E-state index contributed by atoms with van der Waals surface area (Å²) in [5.41, 5.74) is 2.19. The van der Waals surface area contributed by atoms with Crippen molar-refractivity contribution in [3.63, 3.8) is 0 Å². The van der Waals surface area contributed by atoms with Gasteiger partial charge in [0.15, 0.2) is 0 Å². The Balaban J connectivity index is 1.41. The molecule has 1 aliphatic heterocycles. The van der Waals surface area contributed by atoms with Crippen LogP contribution in [0.4, 0.5) is 24.5 Å². The van der Waals surface area contributed by atoms with Crippen LogP contribution in [-0.2, 0) is 21.5 Å². The number of thioether (sulfide) groups is 1. The topological polar surface area (TPSA) is 91.5 Å². The summed E-state index contributed by atoms with van der Waals surface area (Å²) >= 11 is 1.55. The molecule has 0 saturated carbocycles. The number of piperidine rings is 1. The third-order valence-electron chi connectivity index (χ3n) is 7.55. The Kier molecular flexibility index (Phi) is 9.63. The van der Waals surface area contributed by atoms with Crippen molar-refractivity contribution in [1.29, 1.82) is 0 Å². The molecule has 4 aromatic rings. The van der Waals surface area contributed by atoms with Gasteiger partial charge in [0.25, 0.3) is 5.91 Å². The Labute approximate surface area is 257 Å². The normalized spacial score (nSPS) is 13.6. The van der Waals surface area contributed by atoms with Crippen molar-refractivity contribution in [3.05, 3.63) is 94.7 Å². The number of ether oxygens (including phenoxy) is 1. The van der Waals surface area contributed by atoms with E-state index in [0.717, 1.165) is 55.7 Å². The van der Waals surface area contributed by atoms with Gasteiger partial charge < -0.3 is 19.9 Å². The molecule has 5 rings (SSSR count). The summed E-state index contributed by atoms with van der Waals surface area (Å²) in [7, 11) is 1.35. The van der Waals surface area contributed by atoms with E-state index in [0.29, 0.717) is 34.6 Å². The van der Waals surface area contributed by atoms with Crippen LogP contribution in [0.1, 0.15) is 63.2 Å². The van der Waals surface area contributed by atoms with E-state index < -0.39 is 23.4 Å². The SMILES string of the molecule is COC(=O)CCSCc1cccc(C(=O)Nc2ccc(N3CCCCC3)cc2C(=O)c2cc3ccc(C(F)(F)F)cc3[nH]2)c1. The van der Waals surface area contributed by atoms with E-state index in [1.54, 1.807) is 42.1 Å². The zero-order valence-electron chi connectivity index (χ0n) is 24.1. The number of nitrogens with zero attached hydrogens (tertiary/aromatic N) is 1. The van der Waals surface area contributed by atoms with Gasteiger partial charge in [-0.2, -0.15) is 24.9 Å². The highest BCUT2D eigenvalue weighted by atomic mass is 32.2. The van der Waals surface area contributed by atoms with Crippen LogP contribution < -0.4 is 10.2 Å². The van der Waals surface area contributed by atoms with Crippen LogP contribution in [-0.4, -0.2) is 48.6 Å². The highest BCUT2D eigenvalue weighted by Crippen LogP contribution is 2.33. The van der Waals surface area contributed by atoms with Gasteiger partial charge >= 0.3 is 12.1 Å². The Morgan fingerprint density at radius 1 is 0.977 bits per heavy atom. The Hall–Kier alpha value is -4.25. The van der Waals surface area contributed by atoms with E-state index >= 15 is 0 Å². The Bertz CT molecular complexity index is 1680. The predicted molar refractivity (Wildman–Crippen MR) is 166 cm³/mol. The second-order valence-corrected chi connectivity index (χ2v) is 11.7. The molecule has 0 radical (unpaired) electrons. The standard InChI is InChI=1S/C33H32F3N3O4S/c1-43-30(40)12-15-44-20-21-6-5-7-23(16-21)32(42)38-27-11-10-25(39-13-3-2-4-14-39)19-26(27)31(41)29-17-22-8-9-24(33(34,35)36)18-28(22)37-29/h5-11,16-19,37H,2-4,12-15,20H2,1H3,(H,38,42). The highest BCUT2D eigenvalue weighted by Gasteiger charge is 2.31. The number of hydrogen-bond donors (Lipinski definition) is 2. The Morgan fingerprint density at radius 2 is 1.77 bits per heavy atom. The quantitative estimate of drug-likeness (QED) is 0.108. The minimum Gasteiger partial charge on any atom is -0.469 e. The number of aromatic amines is 1. The smallest absolute Gasteiger partial charge is 0.416 e. The third-order valence-corrected chi connectivity index (χ3v) is 8.58. The number of aromatic nitrogens is 1. The summed E-state index contributed by atoms with van der Waals surface area (Å²) in [6.45, 7) is 1.69. The predicted octanol–water partition coefficient (Wildman–Crippen LogP) is 7.46. The number of amides is 1. The van der Waals surface area contributed by atoms with Crippen LogP contribution in [0, 0.1) is 0 Å². The summed E-state index contributed by atoms with van der Waals surface area (Å²) in [6, 6.07) is 17.2. The molecule has 1 aromatic heterocycles. The molecule has 0 unspecified atom stereocenters. The van der Waals surface area contributed by atoms with Gasteiger partial charge in [0, 0.05) is 52.3 Å². The average Bonchev–Trinajstić information content (AvgIpc) is 3.47. The van der Waals surface area contributed by atoms with Gasteiger partial charge in [-0.15, -0.1) is 0 Å². The number of esters is 1. The molecule has 0 spiro atoms. The fraction of sp³-hybridized carbons (Fsp3) is 0.303. The van der Waals surface area contributed by atoms with Crippen LogP contribution >= 0.6 is 11.8 Å². The number of nitrogens with one attached hydrogen (secondary N) is 2. The zero-order valence-corrected chi connectivity index (χ0v) is 24.9. The number of ketones is 1. The number of carbonyl (C=O) groups excluding carboxylic acids is 3. The van der Waals surface area contributed by atoms with Gasteiger partial charge in [0.1, 0.15) is 0 Å². The lowest BCUT2D eigenvalue weighted by Gasteiger charge is -2.29. The lowest BCUT2D eigenvalue weighted by molar-refractivity contribution is -0.140. The molecule has 1 aliphatic rings. The highest BCUT2D eigenvalue weighted by molar-refractivity contribution is 7.98. The molecular formula is C33H32F3N3O4S. The molecule has 1 fully saturated rings. The summed E-state index contributed by atoms with van der Waals surface area (Å²) in [6.07, 6.45) is -1.02. The first kappa shape index (κ1) is 31.2. The fourth-order valence-electron chi connectivity index (χ4n) is 5.19. The first-order valence-corrected chi connectivity index (χ1v) is 15.5. The number of rotatable bonds is 10. The van der Waals surface area contributed by atoms with E-state index in [-0.39, 0.29) is 22.7 Å². The molecule has 0 bridgehead atoms.